The van der Waals surface area contributed by atoms with Crippen LogP contribution >= 0.6 is 0 Å². The summed E-state index contributed by atoms with van der Waals surface area (Å²) < 4.78 is 0. The zero-order valence-electron chi connectivity index (χ0n) is 17.6. The number of pyridine rings is 1. The minimum Gasteiger partial charge on any atom is -0.369 e. The summed E-state index contributed by atoms with van der Waals surface area (Å²) in [6.45, 7) is 8.31. The van der Waals surface area contributed by atoms with E-state index >= 15 is 0 Å². The first kappa shape index (κ1) is 18.5. The Balaban J connectivity index is 1.31. The molecule has 0 spiro atoms. The van der Waals surface area contributed by atoms with Gasteiger partial charge in [0.1, 0.15) is 6.07 Å². The molecular formula is C25H26N6. The van der Waals surface area contributed by atoms with Gasteiger partial charge in [0.05, 0.1) is 17.6 Å². The van der Waals surface area contributed by atoms with Gasteiger partial charge in [0.15, 0.2) is 0 Å². The number of fused-ring (bicyclic) bond motifs is 3. The lowest BCUT2D eigenvalue weighted by Gasteiger charge is -2.37. The molecule has 4 aliphatic rings. The van der Waals surface area contributed by atoms with Crippen LogP contribution in [0.25, 0.3) is 10.9 Å². The molecule has 0 bridgehead atoms. The van der Waals surface area contributed by atoms with E-state index in [4.69, 9.17) is 0 Å². The highest BCUT2D eigenvalue weighted by atomic mass is 15.3. The molecule has 0 atom stereocenters. The lowest BCUT2D eigenvalue weighted by Crippen LogP contribution is -2.43. The molecule has 1 aromatic carbocycles. The highest BCUT2D eigenvalue weighted by Gasteiger charge is 2.33. The van der Waals surface area contributed by atoms with Gasteiger partial charge in [-0.1, -0.05) is 6.08 Å². The molecule has 6 heteroatoms. The average Bonchev–Trinajstić information content (AvgIpc) is 3.21. The van der Waals surface area contributed by atoms with E-state index in [9.17, 15) is 5.26 Å². The Hall–Kier alpha value is -3.30. The molecule has 1 N–H and O–H groups in total. The molecule has 4 heterocycles. The highest BCUT2D eigenvalue weighted by molar-refractivity contribution is 5.95. The quantitative estimate of drug-likeness (QED) is 0.821. The van der Waals surface area contributed by atoms with Crippen molar-refractivity contribution in [3.05, 3.63) is 70.7 Å². The number of hydrogen-bond donors (Lipinski definition) is 1. The molecule has 0 saturated carbocycles. The molecule has 2 aromatic rings. The van der Waals surface area contributed by atoms with Crippen molar-refractivity contribution in [2.24, 2.45) is 0 Å². The predicted molar refractivity (Wildman–Crippen MR) is 122 cm³/mol. The number of rotatable bonds is 2. The first-order chi connectivity index (χ1) is 15.3. The van der Waals surface area contributed by atoms with Gasteiger partial charge in [0.25, 0.3) is 0 Å². The van der Waals surface area contributed by atoms with Crippen LogP contribution in [-0.2, 0) is 0 Å². The number of aromatic nitrogens is 1. The molecule has 3 aliphatic heterocycles. The minimum absolute atomic E-state index is 0.643. The van der Waals surface area contributed by atoms with Crippen LogP contribution in [0.15, 0.2) is 65.2 Å². The van der Waals surface area contributed by atoms with Gasteiger partial charge in [-0.3, -0.25) is 4.98 Å². The molecule has 1 aliphatic carbocycles. The van der Waals surface area contributed by atoms with Crippen molar-refractivity contribution in [3.63, 3.8) is 0 Å². The number of piperazine rings is 2. The summed E-state index contributed by atoms with van der Waals surface area (Å²) >= 11 is 0. The molecule has 6 rings (SSSR count). The van der Waals surface area contributed by atoms with E-state index in [0.29, 0.717) is 5.56 Å². The Labute approximate surface area is 182 Å². The average molecular weight is 411 g/mol. The van der Waals surface area contributed by atoms with Crippen LogP contribution in [0, 0.1) is 11.3 Å². The number of allylic oxidation sites excluding steroid dienone is 2. The Morgan fingerprint density at radius 1 is 0.968 bits per heavy atom. The van der Waals surface area contributed by atoms with Gasteiger partial charge < -0.3 is 20.0 Å². The molecule has 6 nitrogen and oxygen atoms in total. The topological polar surface area (TPSA) is 58.4 Å². The van der Waals surface area contributed by atoms with Crippen molar-refractivity contribution >= 4 is 16.6 Å². The summed E-state index contributed by atoms with van der Waals surface area (Å²) in [7, 11) is 0. The van der Waals surface area contributed by atoms with Crippen molar-refractivity contribution in [1.82, 2.24) is 20.1 Å². The largest absolute Gasteiger partial charge is 0.369 e. The third-order valence-electron chi connectivity index (χ3n) is 6.99. The zero-order valence-corrected chi connectivity index (χ0v) is 17.6. The standard InChI is InChI=1S/C25H26N6/c26-15-18-3-6-23(22-2-1-7-28-25(18)22)31-13-12-30-16-19-14-20(29-10-8-27-9-11-29)4-5-21(19)24(30)17-31/h1-4,6-7,14,27H,5,8-13,16-17H2. The number of nitrogens with zero attached hydrogens (tertiary/aromatic N) is 5. The van der Waals surface area contributed by atoms with Gasteiger partial charge in [-0.05, 0) is 47.9 Å². The summed E-state index contributed by atoms with van der Waals surface area (Å²) in [5, 5.41) is 14.0. The van der Waals surface area contributed by atoms with Crippen LogP contribution in [-0.4, -0.2) is 67.1 Å². The van der Waals surface area contributed by atoms with E-state index in [2.05, 4.69) is 55.4 Å². The second-order valence-electron chi connectivity index (χ2n) is 8.65. The molecule has 31 heavy (non-hydrogen) atoms. The van der Waals surface area contributed by atoms with Gasteiger partial charge in [-0.2, -0.15) is 5.26 Å². The fourth-order valence-electron chi connectivity index (χ4n) is 5.38. The van der Waals surface area contributed by atoms with Crippen molar-refractivity contribution in [2.75, 3.05) is 57.3 Å². The van der Waals surface area contributed by atoms with Crippen molar-refractivity contribution in [3.8, 4) is 6.07 Å². The van der Waals surface area contributed by atoms with Crippen LogP contribution in [0.3, 0.4) is 0 Å². The molecule has 2 saturated heterocycles. The van der Waals surface area contributed by atoms with Crippen LogP contribution < -0.4 is 10.2 Å². The van der Waals surface area contributed by atoms with E-state index in [1.807, 2.05) is 12.1 Å². The molecule has 0 unspecified atom stereocenters. The normalized spacial score (nSPS) is 20.9. The smallest absolute Gasteiger partial charge is 0.101 e. The van der Waals surface area contributed by atoms with E-state index < -0.39 is 0 Å². The number of anilines is 1. The molecule has 0 radical (unpaired) electrons. The monoisotopic (exact) mass is 410 g/mol. The zero-order chi connectivity index (χ0) is 20.8. The van der Waals surface area contributed by atoms with Crippen LogP contribution in [0.4, 0.5) is 5.69 Å². The fourth-order valence-corrected chi connectivity index (χ4v) is 5.38. The molecule has 2 fully saturated rings. The lowest BCUT2D eigenvalue weighted by molar-refractivity contribution is 0.305. The van der Waals surface area contributed by atoms with E-state index in [1.54, 1.807) is 6.20 Å². The maximum atomic E-state index is 9.47. The van der Waals surface area contributed by atoms with Crippen LogP contribution in [0.1, 0.15) is 12.0 Å². The third kappa shape index (κ3) is 3.08. The van der Waals surface area contributed by atoms with Gasteiger partial charge in [-0.15, -0.1) is 0 Å². The second kappa shape index (κ2) is 7.44. The summed E-state index contributed by atoms with van der Waals surface area (Å²) in [5.74, 6) is 0. The first-order valence-corrected chi connectivity index (χ1v) is 11.2. The van der Waals surface area contributed by atoms with Crippen LogP contribution in [0.2, 0.25) is 0 Å². The van der Waals surface area contributed by atoms with Gasteiger partial charge >= 0.3 is 0 Å². The Morgan fingerprint density at radius 2 is 1.84 bits per heavy atom. The maximum absolute atomic E-state index is 9.47. The molecule has 156 valence electrons. The number of benzene rings is 1. The Bertz CT molecular complexity index is 1180. The van der Waals surface area contributed by atoms with Gasteiger partial charge in [0, 0.05) is 74.5 Å². The third-order valence-corrected chi connectivity index (χ3v) is 6.99. The summed E-state index contributed by atoms with van der Waals surface area (Å²) in [5.41, 5.74) is 8.51. The predicted octanol–water partition coefficient (Wildman–Crippen LogP) is 2.62. The van der Waals surface area contributed by atoms with E-state index in [-0.39, 0.29) is 0 Å². The molecular weight excluding hydrogens is 384 g/mol. The number of hydrogen-bond acceptors (Lipinski definition) is 6. The highest BCUT2D eigenvalue weighted by Crippen LogP contribution is 2.39. The van der Waals surface area contributed by atoms with Gasteiger partial charge in [-0.25, -0.2) is 0 Å². The lowest BCUT2D eigenvalue weighted by atomic mass is 9.96. The van der Waals surface area contributed by atoms with Crippen molar-refractivity contribution in [2.45, 2.75) is 6.42 Å². The summed E-state index contributed by atoms with van der Waals surface area (Å²) in [6.07, 6.45) is 7.65. The summed E-state index contributed by atoms with van der Waals surface area (Å²) in [6, 6.07) is 10.3. The SMILES string of the molecule is N#Cc1ccc(N2CCN3CC4=CC(N5CCNCC5)=CCC4=C3C2)c2cccnc12. The molecule has 1 aromatic heterocycles. The Kier molecular flexibility index (Phi) is 4.43. The van der Waals surface area contributed by atoms with E-state index in [0.717, 1.165) is 69.7 Å². The van der Waals surface area contributed by atoms with Gasteiger partial charge in [0.2, 0.25) is 0 Å². The number of nitrogens with one attached hydrogen (secondary N) is 1. The van der Waals surface area contributed by atoms with Crippen molar-refractivity contribution < 1.29 is 0 Å². The molecule has 0 amide bonds. The van der Waals surface area contributed by atoms with E-state index in [1.165, 1.54) is 28.2 Å². The van der Waals surface area contributed by atoms with Crippen LogP contribution in [0.5, 0.6) is 0 Å². The first-order valence-electron chi connectivity index (χ1n) is 11.2. The summed E-state index contributed by atoms with van der Waals surface area (Å²) in [4.78, 5) is 12.0. The van der Waals surface area contributed by atoms with Crippen molar-refractivity contribution in [1.29, 1.82) is 5.26 Å². The maximum Gasteiger partial charge on any atom is 0.101 e. The Morgan fingerprint density at radius 3 is 2.71 bits per heavy atom. The second-order valence-corrected chi connectivity index (χ2v) is 8.65. The number of nitriles is 1. The minimum atomic E-state index is 0.643. The fraction of sp³-hybridized carbons (Fsp3) is 0.360.